The van der Waals surface area contributed by atoms with E-state index < -0.39 is 11.9 Å². The van der Waals surface area contributed by atoms with Gasteiger partial charge < -0.3 is 14.9 Å². The summed E-state index contributed by atoms with van der Waals surface area (Å²) in [5.74, 6) is -1.44. The number of phenolic OH excluding ortho intramolecular Hbond substituents is 1. The van der Waals surface area contributed by atoms with Crippen molar-refractivity contribution in [2.75, 3.05) is 6.61 Å². The minimum Gasteiger partial charge on any atom is -0.508 e. The molecule has 0 radical (unpaired) electrons. The molecule has 2 aromatic rings. The molecule has 0 aliphatic carbocycles. The Morgan fingerprint density at radius 2 is 1.77 bits per heavy atom. The Balaban J connectivity index is 1.88. The fourth-order valence-corrected chi connectivity index (χ4v) is 2.08. The molecule has 22 heavy (non-hydrogen) atoms. The van der Waals surface area contributed by atoms with Gasteiger partial charge in [-0.05, 0) is 48.7 Å². The van der Waals surface area contributed by atoms with Gasteiger partial charge in [0.25, 0.3) is 0 Å². The number of aryl methyl sites for hydroxylation is 1. The van der Waals surface area contributed by atoms with Crippen molar-refractivity contribution in [3.05, 3.63) is 65.2 Å². The highest BCUT2D eigenvalue weighted by Gasteiger charge is 2.11. The highest BCUT2D eigenvalue weighted by atomic mass is 16.5. The van der Waals surface area contributed by atoms with Crippen LogP contribution < -0.4 is 0 Å². The van der Waals surface area contributed by atoms with Crippen LogP contribution in [0, 0.1) is 0 Å². The molecule has 0 amide bonds. The number of carboxylic acid groups (broad SMARTS) is 1. The van der Waals surface area contributed by atoms with Crippen LogP contribution in [0.1, 0.15) is 32.7 Å². The maximum Gasteiger partial charge on any atom is 0.338 e. The summed E-state index contributed by atoms with van der Waals surface area (Å²) < 4.78 is 5.13. The third kappa shape index (κ3) is 4.09. The van der Waals surface area contributed by atoms with E-state index in [9.17, 15) is 14.7 Å². The number of carbonyl (C=O) groups is 2. The lowest BCUT2D eigenvalue weighted by Crippen LogP contribution is -2.08. The largest absolute Gasteiger partial charge is 0.508 e. The Bertz CT molecular complexity index is 664. The lowest BCUT2D eigenvalue weighted by Gasteiger charge is -2.08. The molecule has 0 fully saturated rings. The third-order valence-electron chi connectivity index (χ3n) is 3.15. The first-order valence-corrected chi connectivity index (χ1v) is 6.85. The lowest BCUT2D eigenvalue weighted by atomic mass is 10.0. The normalized spacial score (nSPS) is 10.2. The first-order chi connectivity index (χ1) is 10.6. The number of esters is 1. The van der Waals surface area contributed by atoms with Gasteiger partial charge in [-0.1, -0.05) is 18.2 Å². The molecule has 5 heteroatoms. The van der Waals surface area contributed by atoms with Gasteiger partial charge >= 0.3 is 11.9 Å². The van der Waals surface area contributed by atoms with E-state index in [1.54, 1.807) is 24.3 Å². The van der Waals surface area contributed by atoms with Gasteiger partial charge in [-0.2, -0.15) is 0 Å². The van der Waals surface area contributed by atoms with Crippen molar-refractivity contribution in [2.24, 2.45) is 0 Å². The molecular formula is C17H16O5. The van der Waals surface area contributed by atoms with Crippen molar-refractivity contribution in [1.29, 1.82) is 0 Å². The van der Waals surface area contributed by atoms with Crippen molar-refractivity contribution in [2.45, 2.75) is 12.8 Å². The van der Waals surface area contributed by atoms with Crippen LogP contribution in [0.5, 0.6) is 5.75 Å². The Hall–Kier alpha value is -2.82. The van der Waals surface area contributed by atoms with Crippen LogP contribution in [0.25, 0.3) is 0 Å². The zero-order chi connectivity index (χ0) is 15.9. The maximum absolute atomic E-state index is 11.7. The van der Waals surface area contributed by atoms with E-state index >= 15 is 0 Å². The summed E-state index contributed by atoms with van der Waals surface area (Å²) in [5.41, 5.74) is 1.14. The Morgan fingerprint density at radius 1 is 1.05 bits per heavy atom. The topological polar surface area (TPSA) is 83.8 Å². The minimum atomic E-state index is -1.05. The molecule has 114 valence electrons. The molecule has 2 rings (SSSR count). The fourth-order valence-electron chi connectivity index (χ4n) is 2.08. The summed E-state index contributed by atoms with van der Waals surface area (Å²) in [5, 5.41) is 18.5. The van der Waals surface area contributed by atoms with E-state index in [1.165, 1.54) is 18.2 Å². The molecule has 5 nitrogen and oxygen atoms in total. The van der Waals surface area contributed by atoms with Gasteiger partial charge in [0.05, 0.1) is 17.7 Å². The quantitative estimate of drug-likeness (QED) is 0.633. The first-order valence-electron chi connectivity index (χ1n) is 6.85. The predicted octanol–water partition coefficient (Wildman–Crippen LogP) is 2.88. The number of hydrogen-bond acceptors (Lipinski definition) is 4. The van der Waals surface area contributed by atoms with Crippen LogP contribution >= 0.6 is 0 Å². The summed E-state index contributed by atoms with van der Waals surface area (Å²) >= 11 is 0. The Morgan fingerprint density at radius 3 is 2.45 bits per heavy atom. The molecule has 0 saturated heterocycles. The number of benzene rings is 2. The van der Waals surface area contributed by atoms with Gasteiger partial charge in [-0.15, -0.1) is 0 Å². The van der Waals surface area contributed by atoms with E-state index in [-0.39, 0.29) is 17.9 Å². The van der Waals surface area contributed by atoms with Crippen molar-refractivity contribution >= 4 is 11.9 Å². The molecule has 0 saturated carbocycles. The van der Waals surface area contributed by atoms with Crippen LogP contribution in [-0.2, 0) is 11.2 Å². The molecule has 0 aromatic heterocycles. The number of carbonyl (C=O) groups excluding carboxylic acids is 1. The van der Waals surface area contributed by atoms with Crippen LogP contribution in [-0.4, -0.2) is 28.8 Å². The summed E-state index contributed by atoms with van der Waals surface area (Å²) in [4.78, 5) is 22.8. The number of aromatic carboxylic acids is 1. The molecular weight excluding hydrogens is 284 g/mol. The number of phenols is 1. The van der Waals surface area contributed by atoms with Gasteiger partial charge in [0, 0.05) is 0 Å². The van der Waals surface area contributed by atoms with Gasteiger partial charge in [0.2, 0.25) is 0 Å². The predicted molar refractivity (Wildman–Crippen MR) is 80.1 cm³/mol. The van der Waals surface area contributed by atoms with E-state index in [0.717, 1.165) is 0 Å². The SMILES string of the molecule is O=C(OCCCc1cc(O)ccc1C(=O)O)c1ccccc1. The molecule has 0 bridgehead atoms. The van der Waals surface area contributed by atoms with Gasteiger partial charge in [0.15, 0.2) is 0 Å². The van der Waals surface area contributed by atoms with Gasteiger partial charge in [-0.25, -0.2) is 9.59 Å². The Labute approximate surface area is 127 Å². The number of carboxylic acids is 1. The van der Waals surface area contributed by atoms with E-state index in [4.69, 9.17) is 9.84 Å². The van der Waals surface area contributed by atoms with Crippen molar-refractivity contribution in [1.82, 2.24) is 0 Å². The van der Waals surface area contributed by atoms with Crippen LogP contribution in [0.4, 0.5) is 0 Å². The van der Waals surface area contributed by atoms with Crippen LogP contribution in [0.15, 0.2) is 48.5 Å². The molecule has 2 aromatic carbocycles. The third-order valence-corrected chi connectivity index (χ3v) is 3.15. The molecule has 0 aliphatic rings. The molecule has 2 N–H and O–H groups in total. The molecule has 0 aliphatic heterocycles. The van der Waals surface area contributed by atoms with E-state index in [2.05, 4.69) is 0 Å². The number of rotatable bonds is 6. The van der Waals surface area contributed by atoms with Crippen LogP contribution in [0.2, 0.25) is 0 Å². The average Bonchev–Trinajstić information content (AvgIpc) is 2.52. The summed E-state index contributed by atoms with van der Waals surface area (Å²) in [6, 6.07) is 12.8. The highest BCUT2D eigenvalue weighted by Crippen LogP contribution is 2.18. The molecule has 0 unspecified atom stereocenters. The first kappa shape index (κ1) is 15.6. The van der Waals surface area contributed by atoms with Gasteiger partial charge in [-0.3, -0.25) is 0 Å². The summed E-state index contributed by atoms with van der Waals surface area (Å²) in [6.45, 7) is 0.183. The zero-order valence-corrected chi connectivity index (χ0v) is 11.9. The lowest BCUT2D eigenvalue weighted by molar-refractivity contribution is 0.0499. The summed E-state index contributed by atoms with van der Waals surface area (Å²) in [6.07, 6.45) is 0.875. The Kier molecular flexibility index (Phi) is 5.14. The second-order valence-electron chi connectivity index (χ2n) is 4.75. The zero-order valence-electron chi connectivity index (χ0n) is 11.9. The van der Waals surface area contributed by atoms with E-state index in [1.807, 2.05) is 6.07 Å². The maximum atomic E-state index is 11.7. The smallest absolute Gasteiger partial charge is 0.338 e. The fraction of sp³-hybridized carbons (Fsp3) is 0.176. The molecule has 0 atom stereocenters. The second-order valence-corrected chi connectivity index (χ2v) is 4.75. The number of ether oxygens (including phenoxy) is 1. The van der Waals surface area contributed by atoms with Crippen molar-refractivity contribution < 1.29 is 24.5 Å². The van der Waals surface area contributed by atoms with Crippen molar-refractivity contribution in [3.63, 3.8) is 0 Å². The van der Waals surface area contributed by atoms with Gasteiger partial charge in [0.1, 0.15) is 5.75 Å². The monoisotopic (exact) mass is 300 g/mol. The molecule has 0 spiro atoms. The number of hydrogen-bond donors (Lipinski definition) is 2. The highest BCUT2D eigenvalue weighted by molar-refractivity contribution is 5.90. The number of aromatic hydroxyl groups is 1. The average molecular weight is 300 g/mol. The standard InChI is InChI=1S/C17H16O5/c18-14-8-9-15(16(19)20)13(11-14)7-4-10-22-17(21)12-5-2-1-3-6-12/h1-3,5-6,8-9,11,18H,4,7,10H2,(H,19,20). The second kappa shape index (κ2) is 7.26. The van der Waals surface area contributed by atoms with Crippen molar-refractivity contribution in [3.8, 4) is 5.75 Å². The summed E-state index contributed by atoms with van der Waals surface area (Å²) in [7, 11) is 0. The van der Waals surface area contributed by atoms with E-state index in [0.29, 0.717) is 24.0 Å². The van der Waals surface area contributed by atoms with Crippen LogP contribution in [0.3, 0.4) is 0 Å². The molecule has 0 heterocycles. The minimum absolute atomic E-state index is 0.0151.